The molecule has 2 nitrogen and oxygen atoms in total. The first-order valence-corrected chi connectivity index (χ1v) is 6.32. The molecule has 84 valence electrons. The van der Waals surface area contributed by atoms with Crippen LogP contribution in [0.25, 0.3) is 0 Å². The molecule has 1 unspecified atom stereocenters. The van der Waals surface area contributed by atoms with Gasteiger partial charge in [0.05, 0.1) is 6.10 Å². The molecular formula is C13H15NOS. The van der Waals surface area contributed by atoms with E-state index in [-0.39, 0.29) is 0 Å². The smallest absolute Gasteiger partial charge is 0.0842 e. The highest BCUT2D eigenvalue weighted by molar-refractivity contribution is 7.09. The number of nitrogens with zero attached hydrogens (tertiary/aromatic N) is 1. The molecule has 0 saturated heterocycles. The molecule has 0 fully saturated rings. The SMILES string of the molecule is CCc1cnccc1C(O)Cc1cccs1. The quantitative estimate of drug-likeness (QED) is 0.880. The lowest BCUT2D eigenvalue weighted by Gasteiger charge is -2.13. The highest BCUT2D eigenvalue weighted by Gasteiger charge is 2.12. The number of aliphatic hydroxyl groups excluding tert-OH is 1. The molecule has 0 aliphatic heterocycles. The van der Waals surface area contributed by atoms with Gasteiger partial charge in [-0.2, -0.15) is 0 Å². The summed E-state index contributed by atoms with van der Waals surface area (Å²) in [4.78, 5) is 5.30. The van der Waals surface area contributed by atoms with Gasteiger partial charge in [0.1, 0.15) is 0 Å². The first kappa shape index (κ1) is 11.3. The van der Waals surface area contributed by atoms with Crippen LogP contribution >= 0.6 is 11.3 Å². The van der Waals surface area contributed by atoms with E-state index in [1.807, 2.05) is 23.7 Å². The Kier molecular flexibility index (Phi) is 3.70. The van der Waals surface area contributed by atoms with Crippen molar-refractivity contribution in [2.45, 2.75) is 25.9 Å². The summed E-state index contributed by atoms with van der Waals surface area (Å²) in [6.45, 7) is 2.08. The van der Waals surface area contributed by atoms with E-state index in [1.54, 1.807) is 17.5 Å². The molecule has 0 amide bonds. The number of rotatable bonds is 4. The molecule has 0 spiro atoms. The van der Waals surface area contributed by atoms with Crippen LogP contribution in [0, 0.1) is 0 Å². The first-order chi connectivity index (χ1) is 7.81. The monoisotopic (exact) mass is 233 g/mol. The van der Waals surface area contributed by atoms with E-state index in [9.17, 15) is 5.11 Å². The molecule has 0 radical (unpaired) electrons. The van der Waals surface area contributed by atoms with Crippen LogP contribution in [0.3, 0.4) is 0 Å². The van der Waals surface area contributed by atoms with E-state index in [0.29, 0.717) is 6.42 Å². The summed E-state index contributed by atoms with van der Waals surface area (Å²) in [5.41, 5.74) is 2.14. The summed E-state index contributed by atoms with van der Waals surface area (Å²) in [6.07, 6.45) is 4.76. The molecule has 1 N–H and O–H groups in total. The van der Waals surface area contributed by atoms with Crippen LogP contribution in [0.5, 0.6) is 0 Å². The number of pyridine rings is 1. The van der Waals surface area contributed by atoms with Gasteiger partial charge >= 0.3 is 0 Å². The van der Waals surface area contributed by atoms with Crippen molar-refractivity contribution in [1.29, 1.82) is 0 Å². The topological polar surface area (TPSA) is 33.1 Å². The Morgan fingerprint density at radius 3 is 3.00 bits per heavy atom. The van der Waals surface area contributed by atoms with Gasteiger partial charge in [0.2, 0.25) is 0 Å². The maximum absolute atomic E-state index is 10.2. The molecule has 0 aliphatic rings. The largest absolute Gasteiger partial charge is 0.388 e. The standard InChI is InChI=1S/C13H15NOS/c1-2-10-9-14-6-5-12(10)13(15)8-11-4-3-7-16-11/h3-7,9,13,15H,2,8H2,1H3. The Bertz CT molecular complexity index is 439. The normalized spacial score (nSPS) is 12.6. The number of thiophene rings is 1. The van der Waals surface area contributed by atoms with Crippen molar-refractivity contribution in [2.75, 3.05) is 0 Å². The minimum atomic E-state index is -0.420. The average molecular weight is 233 g/mol. The van der Waals surface area contributed by atoms with Gasteiger partial charge < -0.3 is 5.11 Å². The molecule has 0 aromatic carbocycles. The van der Waals surface area contributed by atoms with Crippen molar-refractivity contribution in [2.24, 2.45) is 0 Å². The van der Waals surface area contributed by atoms with E-state index in [1.165, 1.54) is 4.88 Å². The number of hydrogen-bond acceptors (Lipinski definition) is 3. The van der Waals surface area contributed by atoms with Crippen molar-refractivity contribution in [3.63, 3.8) is 0 Å². The third-order valence-corrected chi connectivity index (χ3v) is 3.55. The number of aliphatic hydroxyl groups is 1. The fourth-order valence-corrected chi connectivity index (χ4v) is 2.53. The van der Waals surface area contributed by atoms with Crippen molar-refractivity contribution in [3.8, 4) is 0 Å². The number of hydrogen-bond donors (Lipinski definition) is 1. The molecule has 2 aromatic heterocycles. The Hall–Kier alpha value is -1.19. The summed E-state index contributed by atoms with van der Waals surface area (Å²) in [7, 11) is 0. The molecule has 1 atom stereocenters. The second kappa shape index (κ2) is 5.23. The van der Waals surface area contributed by atoms with Gasteiger partial charge in [-0.05, 0) is 35.1 Å². The minimum Gasteiger partial charge on any atom is -0.388 e. The van der Waals surface area contributed by atoms with E-state index >= 15 is 0 Å². The fraction of sp³-hybridized carbons (Fsp3) is 0.308. The maximum Gasteiger partial charge on any atom is 0.0842 e. The average Bonchev–Trinajstić information content (AvgIpc) is 2.81. The van der Waals surface area contributed by atoms with Crippen LogP contribution in [0.4, 0.5) is 0 Å². The van der Waals surface area contributed by atoms with Crippen LogP contribution < -0.4 is 0 Å². The van der Waals surface area contributed by atoms with Gasteiger partial charge in [-0.25, -0.2) is 0 Å². The van der Waals surface area contributed by atoms with Crippen molar-refractivity contribution in [3.05, 3.63) is 52.0 Å². The lowest BCUT2D eigenvalue weighted by atomic mass is 10.0. The third-order valence-electron chi connectivity index (χ3n) is 2.66. The van der Waals surface area contributed by atoms with Crippen LogP contribution in [-0.2, 0) is 12.8 Å². The van der Waals surface area contributed by atoms with Crippen molar-refractivity contribution < 1.29 is 5.11 Å². The van der Waals surface area contributed by atoms with Gasteiger partial charge in [-0.1, -0.05) is 13.0 Å². The van der Waals surface area contributed by atoms with E-state index in [4.69, 9.17) is 0 Å². The predicted octanol–water partition coefficient (Wildman–Crippen LogP) is 2.98. The second-order valence-electron chi connectivity index (χ2n) is 3.73. The molecule has 2 heterocycles. The zero-order valence-corrected chi connectivity index (χ0v) is 10.1. The fourth-order valence-electron chi connectivity index (χ4n) is 1.79. The summed E-state index contributed by atoms with van der Waals surface area (Å²) in [5.74, 6) is 0. The van der Waals surface area contributed by atoms with Crippen LogP contribution in [0.2, 0.25) is 0 Å². The number of aryl methyl sites for hydroxylation is 1. The molecule has 16 heavy (non-hydrogen) atoms. The number of aromatic nitrogens is 1. The zero-order valence-electron chi connectivity index (χ0n) is 9.26. The Morgan fingerprint density at radius 1 is 1.44 bits per heavy atom. The second-order valence-corrected chi connectivity index (χ2v) is 4.76. The Morgan fingerprint density at radius 2 is 2.31 bits per heavy atom. The van der Waals surface area contributed by atoms with Crippen LogP contribution in [0.1, 0.15) is 29.0 Å². The van der Waals surface area contributed by atoms with Gasteiger partial charge in [-0.3, -0.25) is 4.98 Å². The molecule has 0 bridgehead atoms. The van der Waals surface area contributed by atoms with Gasteiger partial charge in [-0.15, -0.1) is 11.3 Å². The molecule has 2 aromatic rings. The summed E-state index contributed by atoms with van der Waals surface area (Å²) >= 11 is 1.68. The lowest BCUT2D eigenvalue weighted by Crippen LogP contribution is -2.04. The Labute approximate surface area is 99.6 Å². The highest BCUT2D eigenvalue weighted by atomic mass is 32.1. The van der Waals surface area contributed by atoms with E-state index in [0.717, 1.165) is 17.5 Å². The van der Waals surface area contributed by atoms with Gasteiger partial charge in [0.25, 0.3) is 0 Å². The molecule has 0 aliphatic carbocycles. The minimum absolute atomic E-state index is 0.420. The molecule has 2 rings (SSSR count). The van der Waals surface area contributed by atoms with Crippen LogP contribution in [-0.4, -0.2) is 10.1 Å². The van der Waals surface area contributed by atoms with Gasteiger partial charge in [0.15, 0.2) is 0 Å². The summed E-state index contributed by atoms with van der Waals surface area (Å²) < 4.78 is 0. The van der Waals surface area contributed by atoms with E-state index in [2.05, 4.69) is 18.0 Å². The zero-order chi connectivity index (χ0) is 11.4. The van der Waals surface area contributed by atoms with Crippen molar-refractivity contribution >= 4 is 11.3 Å². The van der Waals surface area contributed by atoms with Crippen LogP contribution in [0.15, 0.2) is 36.0 Å². The molecule has 0 saturated carbocycles. The van der Waals surface area contributed by atoms with Crippen molar-refractivity contribution in [1.82, 2.24) is 4.98 Å². The molecule has 3 heteroatoms. The lowest BCUT2D eigenvalue weighted by molar-refractivity contribution is 0.178. The molecular weight excluding hydrogens is 218 g/mol. The summed E-state index contributed by atoms with van der Waals surface area (Å²) in [5, 5.41) is 12.2. The van der Waals surface area contributed by atoms with Gasteiger partial charge in [0, 0.05) is 23.7 Å². The third kappa shape index (κ3) is 2.49. The highest BCUT2D eigenvalue weighted by Crippen LogP contribution is 2.23. The predicted molar refractivity (Wildman–Crippen MR) is 66.6 cm³/mol. The maximum atomic E-state index is 10.2. The Balaban J connectivity index is 2.17. The summed E-state index contributed by atoms with van der Waals surface area (Å²) in [6, 6.07) is 5.98. The van der Waals surface area contributed by atoms with E-state index < -0.39 is 6.10 Å². The first-order valence-electron chi connectivity index (χ1n) is 5.44.